The fraction of sp³-hybridized carbons (Fsp3) is 0.0833. The third kappa shape index (κ3) is 3.05. The number of aromatic nitrogens is 1. The van der Waals surface area contributed by atoms with Gasteiger partial charge in [-0.3, -0.25) is 10.1 Å². The Morgan fingerprint density at radius 3 is 2.79 bits per heavy atom. The summed E-state index contributed by atoms with van der Waals surface area (Å²) in [4.78, 5) is 14.1. The second-order valence-corrected chi connectivity index (χ2v) is 4.66. The molecule has 1 aromatic carbocycles. The molecule has 0 aliphatic carbocycles. The van der Waals surface area contributed by atoms with Crippen LogP contribution in [0.15, 0.2) is 34.9 Å². The normalized spacial score (nSPS) is 10.3. The van der Waals surface area contributed by atoms with Crippen molar-refractivity contribution in [3.8, 4) is 11.6 Å². The zero-order valence-corrected chi connectivity index (χ0v) is 11.3. The van der Waals surface area contributed by atoms with E-state index in [0.717, 1.165) is 16.6 Å². The van der Waals surface area contributed by atoms with E-state index in [2.05, 4.69) is 20.9 Å². The van der Waals surface area contributed by atoms with Gasteiger partial charge in [0.2, 0.25) is 11.6 Å². The van der Waals surface area contributed by atoms with Gasteiger partial charge in [-0.05, 0) is 41.1 Å². The number of hydrogen-bond acceptors (Lipinski definition) is 4. The molecule has 0 unspecified atom stereocenters. The van der Waals surface area contributed by atoms with Gasteiger partial charge >= 0.3 is 5.69 Å². The van der Waals surface area contributed by atoms with Crippen LogP contribution in [-0.4, -0.2) is 9.91 Å². The average Bonchev–Trinajstić information content (AvgIpc) is 2.34. The highest BCUT2D eigenvalue weighted by molar-refractivity contribution is 9.10. The molecule has 1 aromatic heterocycles. The fourth-order valence-electron chi connectivity index (χ4n) is 1.46. The number of hydrogen-bond donors (Lipinski definition) is 0. The quantitative estimate of drug-likeness (QED) is 0.631. The summed E-state index contributed by atoms with van der Waals surface area (Å²) in [6.45, 7) is 1.75. The van der Waals surface area contributed by atoms with Gasteiger partial charge < -0.3 is 4.74 Å². The summed E-state index contributed by atoms with van der Waals surface area (Å²) >= 11 is 3.25. The van der Waals surface area contributed by atoms with Crippen LogP contribution in [0.3, 0.4) is 0 Å². The predicted molar refractivity (Wildman–Crippen MR) is 69.8 cm³/mol. The van der Waals surface area contributed by atoms with Crippen LogP contribution in [0, 0.1) is 22.9 Å². The molecule has 0 saturated carbocycles. The zero-order valence-electron chi connectivity index (χ0n) is 9.76. The molecule has 98 valence electrons. The molecule has 0 radical (unpaired) electrons. The number of nitro groups is 1. The van der Waals surface area contributed by atoms with Gasteiger partial charge in [-0.2, -0.15) is 0 Å². The third-order valence-electron chi connectivity index (χ3n) is 2.32. The minimum Gasteiger partial charge on any atom is -0.432 e. The summed E-state index contributed by atoms with van der Waals surface area (Å²) in [7, 11) is 0. The number of pyridine rings is 1. The Labute approximate surface area is 116 Å². The van der Waals surface area contributed by atoms with Crippen molar-refractivity contribution in [2.24, 2.45) is 0 Å². The van der Waals surface area contributed by atoms with Crippen molar-refractivity contribution in [2.75, 3.05) is 0 Å². The first kappa shape index (κ1) is 13.4. The lowest BCUT2D eigenvalue weighted by molar-refractivity contribution is -0.385. The molecular weight excluding hydrogens is 319 g/mol. The van der Waals surface area contributed by atoms with Crippen molar-refractivity contribution in [1.29, 1.82) is 0 Å². The first-order chi connectivity index (χ1) is 8.97. The number of halogens is 2. The summed E-state index contributed by atoms with van der Waals surface area (Å²) in [5.41, 5.74) is 0.261. The van der Waals surface area contributed by atoms with E-state index in [9.17, 15) is 14.5 Å². The summed E-state index contributed by atoms with van der Waals surface area (Å²) in [5.74, 6) is -0.512. The monoisotopic (exact) mass is 326 g/mol. The lowest BCUT2D eigenvalue weighted by atomic mass is 10.3. The largest absolute Gasteiger partial charge is 0.432 e. The molecule has 2 aromatic rings. The fourth-order valence-corrected chi connectivity index (χ4v) is 1.90. The molecule has 0 bridgehead atoms. The van der Waals surface area contributed by atoms with Gasteiger partial charge in [0.15, 0.2) is 0 Å². The second-order valence-electron chi connectivity index (χ2n) is 3.75. The Kier molecular flexibility index (Phi) is 3.75. The Morgan fingerprint density at radius 2 is 2.16 bits per heavy atom. The Hall–Kier alpha value is -2.02. The van der Waals surface area contributed by atoms with E-state index in [1.54, 1.807) is 13.0 Å². The molecule has 0 N–H and O–H groups in total. The van der Waals surface area contributed by atoms with Gasteiger partial charge in [-0.25, -0.2) is 9.37 Å². The van der Waals surface area contributed by atoms with E-state index >= 15 is 0 Å². The van der Waals surface area contributed by atoms with Crippen LogP contribution in [0.1, 0.15) is 5.56 Å². The molecule has 0 saturated heterocycles. The molecule has 0 aliphatic heterocycles. The summed E-state index contributed by atoms with van der Waals surface area (Å²) in [5, 5.41) is 10.8. The van der Waals surface area contributed by atoms with Crippen LogP contribution in [0.4, 0.5) is 10.1 Å². The molecule has 0 amide bonds. The number of aryl methyl sites for hydroxylation is 1. The maximum absolute atomic E-state index is 13.0. The summed E-state index contributed by atoms with van der Waals surface area (Å²) in [6.07, 6.45) is 1.51. The predicted octanol–water partition coefficient (Wildman–Crippen LogP) is 3.99. The molecule has 0 fully saturated rings. The maximum atomic E-state index is 13.0. The second kappa shape index (κ2) is 5.31. The number of nitrogens with zero attached hydrogens (tertiary/aromatic N) is 2. The number of ether oxygens (including phenoxy) is 1. The van der Waals surface area contributed by atoms with Crippen molar-refractivity contribution in [2.45, 2.75) is 6.92 Å². The van der Waals surface area contributed by atoms with E-state index < -0.39 is 16.4 Å². The van der Waals surface area contributed by atoms with Crippen molar-refractivity contribution in [1.82, 2.24) is 4.98 Å². The topological polar surface area (TPSA) is 65.3 Å². The van der Waals surface area contributed by atoms with Crippen LogP contribution >= 0.6 is 15.9 Å². The van der Waals surface area contributed by atoms with Crippen LogP contribution in [0.25, 0.3) is 0 Å². The standard InChI is InChI=1S/C12H8BrFN2O3/c1-7-4-8(13)6-15-12(7)19-11-3-2-9(14)5-10(11)16(17)18/h2-6H,1H3. The van der Waals surface area contributed by atoms with Crippen LogP contribution in [-0.2, 0) is 0 Å². The van der Waals surface area contributed by atoms with Crippen LogP contribution < -0.4 is 4.74 Å². The van der Waals surface area contributed by atoms with Gasteiger partial charge in [0.25, 0.3) is 0 Å². The van der Waals surface area contributed by atoms with Crippen molar-refractivity contribution < 1.29 is 14.1 Å². The molecule has 2 rings (SSSR count). The minimum atomic E-state index is -0.702. The molecule has 19 heavy (non-hydrogen) atoms. The molecule has 0 atom stereocenters. The van der Waals surface area contributed by atoms with Crippen molar-refractivity contribution in [3.05, 3.63) is 56.4 Å². The smallest absolute Gasteiger partial charge is 0.314 e. The van der Waals surface area contributed by atoms with Gasteiger partial charge in [0.05, 0.1) is 11.0 Å². The third-order valence-corrected chi connectivity index (χ3v) is 2.75. The van der Waals surface area contributed by atoms with Gasteiger partial charge in [-0.15, -0.1) is 0 Å². The SMILES string of the molecule is Cc1cc(Br)cnc1Oc1ccc(F)cc1[N+](=O)[O-]. The van der Waals surface area contributed by atoms with E-state index in [0.29, 0.717) is 5.56 Å². The highest BCUT2D eigenvalue weighted by atomic mass is 79.9. The molecule has 7 heteroatoms. The molecule has 0 spiro atoms. The molecular formula is C12H8BrFN2O3. The molecule has 5 nitrogen and oxygen atoms in total. The minimum absolute atomic E-state index is 0.0516. The molecule has 1 heterocycles. The van der Waals surface area contributed by atoms with E-state index in [4.69, 9.17) is 4.74 Å². The number of rotatable bonds is 3. The highest BCUT2D eigenvalue weighted by Gasteiger charge is 2.18. The Morgan fingerprint density at radius 1 is 1.42 bits per heavy atom. The molecule has 0 aliphatic rings. The number of benzene rings is 1. The van der Waals surface area contributed by atoms with Gasteiger partial charge in [0, 0.05) is 16.2 Å². The lowest BCUT2D eigenvalue weighted by Crippen LogP contribution is -1.96. The van der Waals surface area contributed by atoms with E-state index in [-0.39, 0.29) is 11.6 Å². The van der Waals surface area contributed by atoms with Crippen LogP contribution in [0.2, 0.25) is 0 Å². The van der Waals surface area contributed by atoms with Gasteiger partial charge in [0.1, 0.15) is 5.82 Å². The van der Waals surface area contributed by atoms with Gasteiger partial charge in [-0.1, -0.05) is 0 Å². The maximum Gasteiger partial charge on any atom is 0.314 e. The first-order valence-electron chi connectivity index (χ1n) is 5.21. The Bertz CT molecular complexity index is 649. The summed E-state index contributed by atoms with van der Waals surface area (Å²) in [6, 6.07) is 4.87. The average molecular weight is 327 g/mol. The van der Waals surface area contributed by atoms with E-state index in [1.807, 2.05) is 0 Å². The highest BCUT2D eigenvalue weighted by Crippen LogP contribution is 2.32. The lowest BCUT2D eigenvalue weighted by Gasteiger charge is -2.08. The zero-order chi connectivity index (χ0) is 14.0. The van der Waals surface area contributed by atoms with Crippen molar-refractivity contribution in [3.63, 3.8) is 0 Å². The first-order valence-corrected chi connectivity index (χ1v) is 6.00. The number of nitro benzene ring substituents is 1. The Balaban J connectivity index is 2.40. The van der Waals surface area contributed by atoms with Crippen LogP contribution in [0.5, 0.6) is 11.6 Å². The van der Waals surface area contributed by atoms with Crippen molar-refractivity contribution >= 4 is 21.6 Å². The summed E-state index contributed by atoms with van der Waals surface area (Å²) < 4.78 is 19.1. The van der Waals surface area contributed by atoms with E-state index in [1.165, 1.54) is 12.3 Å².